The van der Waals surface area contributed by atoms with Crippen LogP contribution < -0.4 is 10.6 Å². The summed E-state index contributed by atoms with van der Waals surface area (Å²) in [6.07, 6.45) is 1.27. The lowest BCUT2D eigenvalue weighted by Crippen LogP contribution is -2.32. The lowest BCUT2D eigenvalue weighted by atomic mass is 10.1. The number of ether oxygens (including phenoxy) is 1. The van der Waals surface area contributed by atoms with Gasteiger partial charge in [-0.05, 0) is 31.2 Å². The molecule has 0 amide bonds. The molecule has 2 N–H and O–H groups in total. The Labute approximate surface area is 130 Å². The van der Waals surface area contributed by atoms with Crippen molar-refractivity contribution in [1.29, 1.82) is 0 Å². The molecule has 0 radical (unpaired) electrons. The summed E-state index contributed by atoms with van der Waals surface area (Å²) in [5.74, 6) is 1.01. The number of thioether (sulfide) groups is 1. The molecule has 1 fully saturated rings. The highest BCUT2D eigenvalue weighted by molar-refractivity contribution is 7.99. The van der Waals surface area contributed by atoms with Gasteiger partial charge < -0.3 is 15.4 Å². The van der Waals surface area contributed by atoms with Gasteiger partial charge in [-0.15, -0.1) is 11.8 Å². The van der Waals surface area contributed by atoms with Gasteiger partial charge in [-0.1, -0.05) is 25.2 Å². The number of nitrogens with zero attached hydrogens (tertiary/aromatic N) is 1. The second kappa shape index (κ2) is 7.29. The summed E-state index contributed by atoms with van der Waals surface area (Å²) in [7, 11) is 0. The first-order valence-electron chi connectivity index (χ1n) is 7.05. The summed E-state index contributed by atoms with van der Waals surface area (Å²) in [4.78, 5) is 4.01. The molecule has 110 valence electrons. The lowest BCUT2D eigenvalue weighted by molar-refractivity contribution is 0.0821. The van der Waals surface area contributed by atoms with Crippen molar-refractivity contribution in [2.24, 2.45) is 5.73 Å². The number of rotatable bonds is 4. The number of nitrogens with two attached hydrogens (primary N) is 1. The molecule has 1 aliphatic rings. The largest absolute Gasteiger partial charge is 0.389 e. The van der Waals surface area contributed by atoms with E-state index in [1.54, 1.807) is 11.8 Å². The molecule has 1 aromatic carbocycles. The summed E-state index contributed by atoms with van der Waals surface area (Å²) >= 11 is 7.08. The number of benzene rings is 1. The Morgan fingerprint density at radius 3 is 3.05 bits per heavy atom. The van der Waals surface area contributed by atoms with Gasteiger partial charge in [0.1, 0.15) is 4.99 Å². The predicted octanol–water partition coefficient (Wildman–Crippen LogP) is 3.05. The van der Waals surface area contributed by atoms with E-state index in [1.807, 2.05) is 0 Å². The van der Waals surface area contributed by atoms with Crippen LogP contribution in [0.25, 0.3) is 0 Å². The minimum Gasteiger partial charge on any atom is -0.389 e. The van der Waals surface area contributed by atoms with E-state index < -0.39 is 0 Å². The van der Waals surface area contributed by atoms with Crippen LogP contribution in [0.4, 0.5) is 5.69 Å². The summed E-state index contributed by atoms with van der Waals surface area (Å²) < 4.78 is 5.72. The number of thiocarbonyl (C=S) groups is 1. The van der Waals surface area contributed by atoms with E-state index in [0.717, 1.165) is 43.1 Å². The van der Waals surface area contributed by atoms with Crippen molar-refractivity contribution in [3.63, 3.8) is 0 Å². The number of hydrogen-bond acceptors (Lipinski definition) is 4. The van der Waals surface area contributed by atoms with Gasteiger partial charge in [0, 0.05) is 35.8 Å². The molecule has 0 aliphatic carbocycles. The highest BCUT2D eigenvalue weighted by Crippen LogP contribution is 2.31. The van der Waals surface area contributed by atoms with Crippen molar-refractivity contribution in [3.8, 4) is 0 Å². The van der Waals surface area contributed by atoms with Crippen molar-refractivity contribution < 1.29 is 4.74 Å². The van der Waals surface area contributed by atoms with E-state index in [-0.39, 0.29) is 6.10 Å². The molecule has 1 heterocycles. The van der Waals surface area contributed by atoms with Crippen LogP contribution in [0.1, 0.15) is 25.8 Å². The number of anilines is 1. The van der Waals surface area contributed by atoms with Crippen molar-refractivity contribution in [2.75, 3.05) is 30.3 Å². The zero-order valence-corrected chi connectivity index (χ0v) is 13.7. The first-order valence-corrected chi connectivity index (χ1v) is 8.45. The molecule has 20 heavy (non-hydrogen) atoms. The van der Waals surface area contributed by atoms with Gasteiger partial charge >= 0.3 is 0 Å². The van der Waals surface area contributed by atoms with Gasteiger partial charge in [-0.2, -0.15) is 0 Å². The fourth-order valence-electron chi connectivity index (χ4n) is 2.52. The fourth-order valence-corrected chi connectivity index (χ4v) is 3.64. The van der Waals surface area contributed by atoms with Crippen molar-refractivity contribution in [1.82, 2.24) is 0 Å². The normalized spacial score (nSPS) is 19.7. The van der Waals surface area contributed by atoms with Gasteiger partial charge in [0.25, 0.3) is 0 Å². The standard InChI is InChI=1S/C15H22N2OS2/c1-3-20-13-7-4-6-12(14(13)15(16)19)17-8-5-9-18-11(2)10-17/h4,6-7,11H,3,5,8-10H2,1-2H3,(H2,16,19). The molecule has 5 heteroatoms. The molecule has 0 saturated carbocycles. The smallest absolute Gasteiger partial charge is 0.107 e. The van der Waals surface area contributed by atoms with Gasteiger partial charge in [0.05, 0.1) is 6.10 Å². The molecule has 3 nitrogen and oxygen atoms in total. The minimum atomic E-state index is 0.235. The molecular weight excluding hydrogens is 288 g/mol. The van der Waals surface area contributed by atoms with Gasteiger partial charge in [-0.3, -0.25) is 0 Å². The van der Waals surface area contributed by atoms with Crippen LogP contribution in [-0.4, -0.2) is 36.5 Å². The third-order valence-electron chi connectivity index (χ3n) is 3.34. The zero-order valence-electron chi connectivity index (χ0n) is 12.1. The molecule has 1 aliphatic heterocycles. The highest BCUT2D eigenvalue weighted by Gasteiger charge is 2.20. The lowest BCUT2D eigenvalue weighted by Gasteiger charge is -2.27. The summed E-state index contributed by atoms with van der Waals surface area (Å²) in [5.41, 5.74) is 8.15. The van der Waals surface area contributed by atoms with Gasteiger partial charge in [-0.25, -0.2) is 0 Å². The van der Waals surface area contributed by atoms with Crippen LogP contribution in [-0.2, 0) is 4.74 Å². The molecule has 2 rings (SSSR count). The maximum Gasteiger partial charge on any atom is 0.107 e. The van der Waals surface area contributed by atoms with Crippen LogP contribution in [0, 0.1) is 0 Å². The minimum absolute atomic E-state index is 0.235. The first-order chi connectivity index (χ1) is 9.63. The molecule has 1 atom stereocenters. The second-order valence-electron chi connectivity index (χ2n) is 4.93. The average Bonchev–Trinajstić information content (AvgIpc) is 2.63. The Hall–Kier alpha value is -0.780. The molecule has 0 spiro atoms. The Kier molecular flexibility index (Phi) is 5.69. The third-order valence-corrected chi connectivity index (χ3v) is 4.49. The maximum atomic E-state index is 5.99. The summed E-state index contributed by atoms with van der Waals surface area (Å²) in [6.45, 7) is 6.95. The summed E-state index contributed by atoms with van der Waals surface area (Å²) in [6, 6.07) is 6.31. The maximum absolute atomic E-state index is 5.99. The van der Waals surface area contributed by atoms with Crippen LogP contribution in [0.2, 0.25) is 0 Å². The SMILES string of the molecule is CCSc1cccc(N2CCCOC(C)C2)c1C(N)=S. The monoisotopic (exact) mass is 310 g/mol. The van der Waals surface area contributed by atoms with Crippen molar-refractivity contribution in [3.05, 3.63) is 23.8 Å². The quantitative estimate of drug-likeness (QED) is 0.683. The molecule has 0 aromatic heterocycles. The average molecular weight is 310 g/mol. The van der Waals surface area contributed by atoms with Gasteiger partial charge in [0.15, 0.2) is 0 Å². The Bertz CT molecular complexity index is 479. The van der Waals surface area contributed by atoms with Crippen LogP contribution in [0.3, 0.4) is 0 Å². The van der Waals surface area contributed by atoms with Crippen molar-refractivity contribution in [2.45, 2.75) is 31.3 Å². The van der Waals surface area contributed by atoms with E-state index >= 15 is 0 Å². The summed E-state index contributed by atoms with van der Waals surface area (Å²) in [5, 5.41) is 0. The van der Waals surface area contributed by atoms with Crippen molar-refractivity contribution >= 4 is 34.7 Å². The predicted molar refractivity (Wildman–Crippen MR) is 91.0 cm³/mol. The number of hydrogen-bond donors (Lipinski definition) is 1. The van der Waals surface area contributed by atoms with E-state index in [9.17, 15) is 0 Å². The molecular formula is C15H22N2OS2. The second-order valence-corrected chi connectivity index (χ2v) is 6.67. The zero-order chi connectivity index (χ0) is 14.5. The Balaban J connectivity index is 2.38. The molecule has 1 aromatic rings. The van der Waals surface area contributed by atoms with E-state index in [4.69, 9.17) is 22.7 Å². The van der Waals surface area contributed by atoms with E-state index in [0.29, 0.717) is 4.99 Å². The fraction of sp³-hybridized carbons (Fsp3) is 0.533. The molecule has 1 saturated heterocycles. The third kappa shape index (κ3) is 3.65. The van der Waals surface area contributed by atoms with Crippen LogP contribution in [0.5, 0.6) is 0 Å². The highest BCUT2D eigenvalue weighted by atomic mass is 32.2. The topological polar surface area (TPSA) is 38.5 Å². The van der Waals surface area contributed by atoms with Crippen LogP contribution >= 0.6 is 24.0 Å². The molecule has 0 bridgehead atoms. The Morgan fingerprint density at radius 2 is 2.35 bits per heavy atom. The van der Waals surface area contributed by atoms with E-state index in [1.165, 1.54) is 4.90 Å². The van der Waals surface area contributed by atoms with E-state index in [2.05, 4.69) is 36.9 Å². The van der Waals surface area contributed by atoms with Crippen LogP contribution in [0.15, 0.2) is 23.1 Å². The molecule has 1 unspecified atom stereocenters. The Morgan fingerprint density at radius 1 is 1.55 bits per heavy atom. The first kappa shape index (κ1) is 15.6. The van der Waals surface area contributed by atoms with Gasteiger partial charge in [0.2, 0.25) is 0 Å².